The molecule has 2 aromatic carbocycles. The lowest BCUT2D eigenvalue weighted by Gasteiger charge is -2.10. The molecule has 6 heteroatoms. The van der Waals surface area contributed by atoms with Gasteiger partial charge in [0.2, 0.25) is 0 Å². The average Bonchev–Trinajstić information content (AvgIpc) is 2.43. The number of phenolic OH excluding ortho intramolecular Hbond substituents is 1. The lowest BCUT2D eigenvalue weighted by atomic mass is 10.2. The van der Waals surface area contributed by atoms with Crippen LogP contribution in [-0.4, -0.2) is 18.1 Å². The summed E-state index contributed by atoms with van der Waals surface area (Å²) in [7, 11) is 1.53. The Morgan fingerprint density at radius 1 is 1.30 bits per heavy atom. The molecule has 0 aromatic heterocycles. The number of benzene rings is 2. The number of aromatic hydroxyl groups is 1. The largest absolute Gasteiger partial charge is 0.508 e. The SMILES string of the molecule is COc1ccc(NC(=O)c2cc(O)ccc2Cl)c(N)c1. The highest BCUT2D eigenvalue weighted by Crippen LogP contribution is 2.26. The Bertz CT molecular complexity index is 659. The summed E-state index contributed by atoms with van der Waals surface area (Å²) < 4.78 is 5.03. The van der Waals surface area contributed by atoms with Crippen LogP contribution in [0.15, 0.2) is 36.4 Å². The second-order valence-electron chi connectivity index (χ2n) is 4.07. The van der Waals surface area contributed by atoms with E-state index < -0.39 is 5.91 Å². The number of nitrogen functional groups attached to an aromatic ring is 1. The molecule has 0 saturated carbocycles. The first kappa shape index (κ1) is 14.0. The number of ether oxygens (including phenoxy) is 1. The van der Waals surface area contributed by atoms with Gasteiger partial charge in [-0.2, -0.15) is 0 Å². The molecule has 0 atom stereocenters. The zero-order valence-corrected chi connectivity index (χ0v) is 11.4. The molecule has 104 valence electrons. The number of nitrogens with one attached hydrogen (secondary N) is 1. The molecule has 2 aromatic rings. The van der Waals surface area contributed by atoms with Gasteiger partial charge in [0.15, 0.2) is 0 Å². The van der Waals surface area contributed by atoms with Crippen LogP contribution in [0.4, 0.5) is 11.4 Å². The fraction of sp³-hybridized carbons (Fsp3) is 0.0714. The first-order chi connectivity index (χ1) is 9.51. The predicted octanol–water partition coefficient (Wildman–Crippen LogP) is 2.89. The molecule has 0 bridgehead atoms. The maximum atomic E-state index is 12.1. The zero-order valence-electron chi connectivity index (χ0n) is 10.7. The number of phenols is 1. The molecule has 5 nitrogen and oxygen atoms in total. The monoisotopic (exact) mass is 292 g/mol. The predicted molar refractivity (Wildman–Crippen MR) is 78.5 cm³/mol. The van der Waals surface area contributed by atoms with E-state index in [1.807, 2.05) is 0 Å². The van der Waals surface area contributed by atoms with Crippen molar-refractivity contribution in [1.82, 2.24) is 0 Å². The molecule has 0 aliphatic heterocycles. The van der Waals surface area contributed by atoms with Crippen molar-refractivity contribution >= 4 is 28.9 Å². The van der Waals surface area contributed by atoms with Gasteiger partial charge in [-0.15, -0.1) is 0 Å². The second-order valence-corrected chi connectivity index (χ2v) is 4.48. The Morgan fingerprint density at radius 3 is 2.70 bits per heavy atom. The first-order valence-electron chi connectivity index (χ1n) is 5.74. The van der Waals surface area contributed by atoms with Crippen LogP contribution in [0.3, 0.4) is 0 Å². The summed E-state index contributed by atoms with van der Waals surface area (Å²) >= 11 is 5.92. The number of amides is 1. The third-order valence-corrected chi connectivity index (χ3v) is 3.03. The Balaban J connectivity index is 2.25. The van der Waals surface area contributed by atoms with Crippen molar-refractivity contribution in [1.29, 1.82) is 0 Å². The van der Waals surface area contributed by atoms with Crippen molar-refractivity contribution < 1.29 is 14.6 Å². The van der Waals surface area contributed by atoms with Crippen LogP contribution < -0.4 is 15.8 Å². The summed E-state index contributed by atoms with van der Waals surface area (Å²) in [5.41, 5.74) is 6.79. The van der Waals surface area contributed by atoms with Crippen molar-refractivity contribution in [3.05, 3.63) is 47.0 Å². The van der Waals surface area contributed by atoms with E-state index in [0.717, 1.165) is 0 Å². The number of carbonyl (C=O) groups excluding carboxylic acids is 1. The van der Waals surface area contributed by atoms with Gasteiger partial charge < -0.3 is 20.9 Å². The highest BCUT2D eigenvalue weighted by molar-refractivity contribution is 6.34. The van der Waals surface area contributed by atoms with Crippen molar-refractivity contribution in [2.24, 2.45) is 0 Å². The molecule has 20 heavy (non-hydrogen) atoms. The standard InChI is InChI=1S/C14H13ClN2O3/c1-20-9-3-5-13(12(16)7-9)17-14(19)10-6-8(18)2-4-11(10)15/h2-7,18H,16H2,1H3,(H,17,19). The van der Waals surface area contributed by atoms with E-state index in [4.69, 9.17) is 22.1 Å². The zero-order chi connectivity index (χ0) is 14.7. The average molecular weight is 293 g/mol. The number of nitrogens with two attached hydrogens (primary N) is 1. The third kappa shape index (κ3) is 2.95. The second kappa shape index (κ2) is 5.71. The van der Waals surface area contributed by atoms with Gasteiger partial charge in [0, 0.05) is 6.07 Å². The normalized spacial score (nSPS) is 10.1. The van der Waals surface area contributed by atoms with Gasteiger partial charge in [0.1, 0.15) is 11.5 Å². The molecule has 0 unspecified atom stereocenters. The maximum absolute atomic E-state index is 12.1. The number of anilines is 2. The molecule has 0 radical (unpaired) electrons. The molecule has 0 heterocycles. The Kier molecular flexibility index (Phi) is 4.00. The van der Waals surface area contributed by atoms with Crippen LogP contribution in [0.25, 0.3) is 0 Å². The van der Waals surface area contributed by atoms with Crippen molar-refractivity contribution in [3.63, 3.8) is 0 Å². The maximum Gasteiger partial charge on any atom is 0.257 e. The van der Waals surface area contributed by atoms with Crippen molar-refractivity contribution in [2.75, 3.05) is 18.2 Å². The lowest BCUT2D eigenvalue weighted by molar-refractivity contribution is 0.102. The topological polar surface area (TPSA) is 84.6 Å². The molecular formula is C14H13ClN2O3. The fourth-order valence-electron chi connectivity index (χ4n) is 1.66. The minimum absolute atomic E-state index is 0.0396. The smallest absolute Gasteiger partial charge is 0.257 e. The summed E-state index contributed by atoms with van der Waals surface area (Å²) in [5, 5.41) is 12.3. The Morgan fingerprint density at radius 2 is 2.05 bits per heavy atom. The van der Waals surface area contributed by atoms with Crippen LogP contribution in [-0.2, 0) is 0 Å². The van der Waals surface area contributed by atoms with Gasteiger partial charge in [0.25, 0.3) is 5.91 Å². The van der Waals surface area contributed by atoms with Gasteiger partial charge in [-0.1, -0.05) is 11.6 Å². The summed E-state index contributed by atoms with van der Waals surface area (Å²) in [6.45, 7) is 0. The number of methoxy groups -OCH3 is 1. The molecule has 1 amide bonds. The highest BCUT2D eigenvalue weighted by atomic mass is 35.5. The van der Waals surface area contributed by atoms with Gasteiger partial charge in [-0.3, -0.25) is 4.79 Å². The molecule has 0 fully saturated rings. The minimum atomic E-state index is -0.456. The van der Waals surface area contributed by atoms with Crippen LogP contribution in [0.1, 0.15) is 10.4 Å². The molecule has 0 aliphatic carbocycles. The molecule has 4 N–H and O–H groups in total. The Hall–Kier alpha value is -2.40. The quantitative estimate of drug-likeness (QED) is 0.759. The fourth-order valence-corrected chi connectivity index (χ4v) is 1.86. The third-order valence-electron chi connectivity index (χ3n) is 2.70. The summed E-state index contributed by atoms with van der Waals surface area (Å²) in [6.07, 6.45) is 0. The van der Waals surface area contributed by atoms with Crippen molar-refractivity contribution in [3.8, 4) is 11.5 Å². The number of carbonyl (C=O) groups is 1. The van der Waals surface area contributed by atoms with Crippen LogP contribution in [0.2, 0.25) is 5.02 Å². The van der Waals surface area contributed by atoms with E-state index in [2.05, 4.69) is 5.32 Å². The number of hydrogen-bond acceptors (Lipinski definition) is 4. The molecule has 0 saturated heterocycles. The summed E-state index contributed by atoms with van der Waals surface area (Å²) in [5.74, 6) is 0.0981. The summed E-state index contributed by atoms with van der Waals surface area (Å²) in [6, 6.07) is 9.04. The minimum Gasteiger partial charge on any atom is -0.508 e. The molecule has 0 aliphatic rings. The van der Waals surface area contributed by atoms with Gasteiger partial charge >= 0.3 is 0 Å². The highest BCUT2D eigenvalue weighted by Gasteiger charge is 2.13. The first-order valence-corrected chi connectivity index (χ1v) is 6.12. The van der Waals surface area contributed by atoms with Gasteiger partial charge in [-0.05, 0) is 30.3 Å². The van der Waals surface area contributed by atoms with E-state index in [9.17, 15) is 9.90 Å². The molecular weight excluding hydrogens is 280 g/mol. The van der Waals surface area contributed by atoms with E-state index in [0.29, 0.717) is 17.1 Å². The van der Waals surface area contributed by atoms with E-state index in [1.54, 1.807) is 18.2 Å². The summed E-state index contributed by atoms with van der Waals surface area (Å²) in [4.78, 5) is 12.1. The lowest BCUT2D eigenvalue weighted by Crippen LogP contribution is -2.13. The van der Waals surface area contributed by atoms with E-state index in [-0.39, 0.29) is 16.3 Å². The number of hydrogen-bond donors (Lipinski definition) is 3. The van der Waals surface area contributed by atoms with Crippen molar-refractivity contribution in [2.45, 2.75) is 0 Å². The van der Waals surface area contributed by atoms with E-state index in [1.165, 1.54) is 25.3 Å². The van der Waals surface area contributed by atoms with E-state index >= 15 is 0 Å². The van der Waals surface area contributed by atoms with Crippen LogP contribution >= 0.6 is 11.6 Å². The van der Waals surface area contributed by atoms with Gasteiger partial charge in [-0.25, -0.2) is 0 Å². The van der Waals surface area contributed by atoms with Crippen LogP contribution in [0.5, 0.6) is 11.5 Å². The molecule has 0 spiro atoms. The molecule has 2 rings (SSSR count). The van der Waals surface area contributed by atoms with Crippen LogP contribution in [0, 0.1) is 0 Å². The van der Waals surface area contributed by atoms with Gasteiger partial charge in [0.05, 0.1) is 29.1 Å². The number of halogens is 1. The Labute approximate surface area is 120 Å². The number of rotatable bonds is 3.